The topological polar surface area (TPSA) is 42.0 Å². The molecule has 0 aliphatic rings. The summed E-state index contributed by atoms with van der Waals surface area (Å²) in [5, 5.41) is 4.11. The van der Waals surface area contributed by atoms with Gasteiger partial charge in [0, 0.05) is 22.2 Å². The van der Waals surface area contributed by atoms with Crippen LogP contribution in [0.1, 0.15) is 15.9 Å². The predicted octanol–water partition coefficient (Wildman–Crippen LogP) is 4.12. The number of nitrogens with one attached hydrogen (secondary N) is 1. The van der Waals surface area contributed by atoms with Gasteiger partial charge in [0.05, 0.1) is 5.52 Å². The van der Waals surface area contributed by atoms with Crippen LogP contribution in [0.2, 0.25) is 5.15 Å². The number of aromatic nitrogens is 1. The van der Waals surface area contributed by atoms with Crippen molar-refractivity contribution >= 4 is 34.1 Å². The molecule has 0 atom stereocenters. The Morgan fingerprint density at radius 2 is 2.00 bits per heavy atom. The Morgan fingerprint density at radius 1 is 1.14 bits per heavy atom. The van der Waals surface area contributed by atoms with Crippen molar-refractivity contribution < 1.29 is 4.79 Å². The Bertz CT molecular complexity index is 912. The van der Waals surface area contributed by atoms with E-state index in [1.807, 2.05) is 6.07 Å². The van der Waals surface area contributed by atoms with Crippen molar-refractivity contribution in [1.29, 1.82) is 0 Å². The number of amides is 1. The third-order valence-electron chi connectivity index (χ3n) is 3.20. The lowest BCUT2D eigenvalue weighted by Crippen LogP contribution is -2.11. The Hall–Kier alpha value is -2.83. The Morgan fingerprint density at radius 3 is 2.82 bits per heavy atom. The molecular weight excluding hydrogens is 296 g/mol. The molecule has 1 N–H and O–H groups in total. The number of pyridine rings is 1. The summed E-state index contributed by atoms with van der Waals surface area (Å²) in [4.78, 5) is 16.5. The van der Waals surface area contributed by atoms with Crippen molar-refractivity contribution in [3.05, 3.63) is 70.9 Å². The average Bonchev–Trinajstić information content (AvgIpc) is 2.54. The van der Waals surface area contributed by atoms with Crippen molar-refractivity contribution in [3.8, 4) is 12.3 Å². The lowest BCUT2D eigenvalue weighted by molar-refractivity contribution is 0.102. The molecule has 0 fully saturated rings. The number of benzene rings is 2. The lowest BCUT2D eigenvalue weighted by Gasteiger charge is -2.07. The van der Waals surface area contributed by atoms with Gasteiger partial charge in [0.25, 0.3) is 5.91 Å². The molecule has 4 heteroatoms. The van der Waals surface area contributed by atoms with E-state index in [1.165, 1.54) is 0 Å². The smallest absolute Gasteiger partial charge is 0.255 e. The van der Waals surface area contributed by atoms with Crippen molar-refractivity contribution in [2.45, 2.75) is 0 Å². The molecule has 0 saturated heterocycles. The van der Waals surface area contributed by atoms with Crippen LogP contribution in [0.15, 0.2) is 54.6 Å². The maximum absolute atomic E-state index is 12.3. The van der Waals surface area contributed by atoms with Crippen molar-refractivity contribution in [1.82, 2.24) is 4.98 Å². The van der Waals surface area contributed by atoms with E-state index in [2.05, 4.69) is 16.2 Å². The van der Waals surface area contributed by atoms with Gasteiger partial charge in [-0.1, -0.05) is 23.6 Å². The minimum atomic E-state index is -0.203. The molecule has 0 aliphatic carbocycles. The predicted molar refractivity (Wildman–Crippen MR) is 89.1 cm³/mol. The minimum Gasteiger partial charge on any atom is -0.322 e. The molecule has 106 valence electrons. The van der Waals surface area contributed by atoms with Crippen molar-refractivity contribution in [3.63, 3.8) is 0 Å². The first-order valence-corrected chi connectivity index (χ1v) is 6.98. The van der Waals surface area contributed by atoms with Crippen LogP contribution >= 0.6 is 11.6 Å². The number of carbonyl (C=O) groups is 1. The van der Waals surface area contributed by atoms with Crippen LogP contribution in [-0.2, 0) is 0 Å². The van der Waals surface area contributed by atoms with Crippen molar-refractivity contribution in [2.24, 2.45) is 0 Å². The van der Waals surface area contributed by atoms with E-state index in [1.54, 1.807) is 48.5 Å². The van der Waals surface area contributed by atoms with Crippen LogP contribution in [0.25, 0.3) is 10.9 Å². The molecule has 2 aromatic carbocycles. The highest BCUT2D eigenvalue weighted by atomic mass is 35.5. The number of fused-ring (bicyclic) bond motifs is 1. The van der Waals surface area contributed by atoms with Gasteiger partial charge in [-0.15, -0.1) is 6.42 Å². The summed E-state index contributed by atoms with van der Waals surface area (Å²) in [6.07, 6.45) is 5.35. The highest BCUT2D eigenvalue weighted by molar-refractivity contribution is 6.29. The molecule has 0 bridgehead atoms. The summed E-state index contributed by atoms with van der Waals surface area (Å²) in [5.74, 6) is 2.34. The number of carbonyl (C=O) groups excluding carboxylic acids is 1. The average molecular weight is 307 g/mol. The fourth-order valence-corrected chi connectivity index (χ4v) is 2.29. The van der Waals surface area contributed by atoms with Crippen LogP contribution in [0.4, 0.5) is 5.69 Å². The third kappa shape index (κ3) is 2.93. The molecule has 3 nitrogen and oxygen atoms in total. The largest absolute Gasteiger partial charge is 0.322 e. The first-order valence-electron chi connectivity index (χ1n) is 6.60. The SMILES string of the molecule is C#Cc1cccc(NC(=O)c2ccc3nc(Cl)ccc3c2)c1. The second-order valence-corrected chi connectivity index (χ2v) is 5.11. The summed E-state index contributed by atoms with van der Waals surface area (Å²) >= 11 is 5.85. The molecule has 0 radical (unpaired) electrons. The Labute approximate surface area is 132 Å². The minimum absolute atomic E-state index is 0.203. The molecule has 0 aliphatic heterocycles. The van der Waals surface area contributed by atoms with E-state index in [0.29, 0.717) is 16.4 Å². The fourth-order valence-electron chi connectivity index (χ4n) is 2.13. The molecule has 1 amide bonds. The van der Waals surface area contributed by atoms with Crippen LogP contribution in [-0.4, -0.2) is 10.9 Å². The molecule has 1 heterocycles. The van der Waals surface area contributed by atoms with Gasteiger partial charge in [0.1, 0.15) is 5.15 Å². The highest BCUT2D eigenvalue weighted by Gasteiger charge is 2.08. The third-order valence-corrected chi connectivity index (χ3v) is 3.42. The highest BCUT2D eigenvalue weighted by Crippen LogP contribution is 2.18. The standard InChI is InChI=1S/C18H11ClN2O/c1-2-12-4-3-5-15(10-12)20-18(22)14-6-8-16-13(11-14)7-9-17(19)21-16/h1,3-11H,(H,20,22). The fraction of sp³-hybridized carbons (Fsp3) is 0. The van der Waals surface area contributed by atoms with Crippen LogP contribution in [0.5, 0.6) is 0 Å². The molecule has 3 rings (SSSR count). The first-order chi connectivity index (χ1) is 10.7. The van der Waals surface area contributed by atoms with Gasteiger partial charge in [0.15, 0.2) is 0 Å². The van der Waals surface area contributed by atoms with Crippen molar-refractivity contribution in [2.75, 3.05) is 5.32 Å². The summed E-state index contributed by atoms with van der Waals surface area (Å²) in [6.45, 7) is 0. The number of hydrogen-bond acceptors (Lipinski definition) is 2. The number of anilines is 1. The zero-order valence-corrected chi connectivity index (χ0v) is 12.3. The van der Waals surface area contributed by atoms with E-state index < -0.39 is 0 Å². The molecule has 1 aromatic heterocycles. The first kappa shape index (κ1) is 14.1. The van der Waals surface area contributed by atoms with Gasteiger partial charge in [-0.2, -0.15) is 0 Å². The van der Waals surface area contributed by atoms with E-state index in [9.17, 15) is 4.79 Å². The van der Waals surface area contributed by atoms with E-state index >= 15 is 0 Å². The monoisotopic (exact) mass is 306 g/mol. The maximum atomic E-state index is 12.3. The maximum Gasteiger partial charge on any atom is 0.255 e. The molecule has 3 aromatic rings. The zero-order chi connectivity index (χ0) is 15.5. The summed E-state index contributed by atoms with van der Waals surface area (Å²) < 4.78 is 0. The van der Waals surface area contributed by atoms with E-state index in [4.69, 9.17) is 18.0 Å². The second kappa shape index (κ2) is 5.88. The van der Waals surface area contributed by atoms with Gasteiger partial charge in [-0.3, -0.25) is 4.79 Å². The normalized spacial score (nSPS) is 10.2. The van der Waals surface area contributed by atoms with Gasteiger partial charge >= 0.3 is 0 Å². The van der Waals surface area contributed by atoms with Gasteiger partial charge < -0.3 is 5.32 Å². The number of rotatable bonds is 2. The zero-order valence-electron chi connectivity index (χ0n) is 11.5. The van der Waals surface area contributed by atoms with Gasteiger partial charge in [0.2, 0.25) is 0 Å². The van der Waals surface area contributed by atoms with Gasteiger partial charge in [-0.25, -0.2) is 4.98 Å². The van der Waals surface area contributed by atoms with E-state index in [0.717, 1.165) is 16.5 Å². The molecule has 0 saturated carbocycles. The number of hydrogen-bond donors (Lipinski definition) is 1. The van der Waals surface area contributed by atoms with E-state index in [-0.39, 0.29) is 5.91 Å². The van der Waals surface area contributed by atoms with Gasteiger partial charge in [-0.05, 0) is 48.5 Å². The Kier molecular flexibility index (Phi) is 3.78. The molecule has 22 heavy (non-hydrogen) atoms. The number of terminal acetylenes is 1. The lowest BCUT2D eigenvalue weighted by atomic mass is 10.1. The summed E-state index contributed by atoms with van der Waals surface area (Å²) in [6, 6.07) is 15.9. The second-order valence-electron chi connectivity index (χ2n) is 4.72. The van der Waals surface area contributed by atoms with Crippen LogP contribution in [0.3, 0.4) is 0 Å². The molecule has 0 unspecified atom stereocenters. The number of halogens is 1. The summed E-state index contributed by atoms with van der Waals surface area (Å²) in [7, 11) is 0. The molecule has 0 spiro atoms. The summed E-state index contributed by atoms with van der Waals surface area (Å²) in [5.41, 5.74) is 2.67. The van der Waals surface area contributed by atoms with Crippen LogP contribution < -0.4 is 5.32 Å². The number of nitrogens with zero attached hydrogens (tertiary/aromatic N) is 1. The Balaban J connectivity index is 1.88. The van der Waals surface area contributed by atoms with Crippen LogP contribution in [0, 0.1) is 12.3 Å². The quantitative estimate of drug-likeness (QED) is 0.571. The molecular formula is C18H11ClN2O.